The van der Waals surface area contributed by atoms with Gasteiger partial charge in [0, 0.05) is 36.3 Å². The molecule has 26 heavy (non-hydrogen) atoms. The lowest BCUT2D eigenvalue weighted by Crippen LogP contribution is -2.33. The molecule has 0 aliphatic carbocycles. The number of aryl methyl sites for hydroxylation is 1. The van der Waals surface area contributed by atoms with E-state index in [1.54, 1.807) is 10.4 Å². The van der Waals surface area contributed by atoms with Crippen LogP contribution in [0.3, 0.4) is 0 Å². The highest BCUT2D eigenvalue weighted by atomic mass is 79.9. The Morgan fingerprint density at radius 2 is 2.08 bits per heavy atom. The van der Waals surface area contributed by atoms with Gasteiger partial charge in [-0.05, 0) is 65.7 Å². The molecule has 2 heterocycles. The maximum absolute atomic E-state index is 13.2. The van der Waals surface area contributed by atoms with Gasteiger partial charge < -0.3 is 10.1 Å². The van der Waals surface area contributed by atoms with Crippen molar-refractivity contribution >= 4 is 37.5 Å². The third kappa shape index (κ3) is 4.30. The van der Waals surface area contributed by atoms with E-state index in [1.807, 2.05) is 6.07 Å². The normalized spacial score (nSPS) is 21.8. The predicted octanol–water partition coefficient (Wildman–Crippen LogP) is 3.30. The molecule has 1 unspecified atom stereocenters. The number of nitrogens with one attached hydrogen (secondary N) is 1. The molecule has 1 saturated heterocycles. The van der Waals surface area contributed by atoms with E-state index >= 15 is 0 Å². The van der Waals surface area contributed by atoms with Crippen molar-refractivity contribution in [3.8, 4) is 0 Å². The van der Waals surface area contributed by atoms with Crippen LogP contribution in [-0.4, -0.2) is 44.4 Å². The molecule has 2 aliphatic rings. The van der Waals surface area contributed by atoms with E-state index in [2.05, 4.69) is 28.2 Å². The Balaban J connectivity index is 1.82. The first-order chi connectivity index (χ1) is 12.4. The average Bonchev–Trinajstić information content (AvgIpc) is 2.85. The third-order valence-corrected chi connectivity index (χ3v) is 7.72. The first-order valence-corrected chi connectivity index (χ1v) is 11.4. The molecule has 1 aromatic carbocycles. The van der Waals surface area contributed by atoms with Crippen LogP contribution in [0.1, 0.15) is 44.6 Å². The molecule has 2 aliphatic heterocycles. The molecule has 0 radical (unpaired) electrons. The van der Waals surface area contributed by atoms with Crippen LogP contribution in [0, 0.1) is 0 Å². The van der Waals surface area contributed by atoms with Gasteiger partial charge in [0.05, 0.1) is 11.0 Å². The second-order valence-electron chi connectivity index (χ2n) is 6.82. The molecule has 0 bridgehead atoms. The molecule has 3 rings (SSSR count). The summed E-state index contributed by atoms with van der Waals surface area (Å²) in [5.74, 6) is -0.0751. The minimum absolute atomic E-state index is 0.0751. The van der Waals surface area contributed by atoms with Crippen molar-refractivity contribution in [3.05, 3.63) is 22.2 Å². The Morgan fingerprint density at radius 1 is 1.27 bits per heavy atom. The number of hydrogen-bond acceptors (Lipinski definition) is 4. The molecular weight excluding hydrogens is 420 g/mol. The van der Waals surface area contributed by atoms with Crippen molar-refractivity contribution in [1.29, 1.82) is 0 Å². The summed E-state index contributed by atoms with van der Waals surface area (Å²) >= 11 is 3.42. The summed E-state index contributed by atoms with van der Waals surface area (Å²) in [4.78, 5) is 11.9. The molecule has 1 amide bonds. The fraction of sp³-hybridized carbons (Fsp3) is 0.611. The summed E-state index contributed by atoms with van der Waals surface area (Å²) in [5.41, 5.74) is 1.56. The summed E-state index contributed by atoms with van der Waals surface area (Å²) in [6.07, 6.45) is 4.52. The van der Waals surface area contributed by atoms with Crippen molar-refractivity contribution in [2.75, 3.05) is 25.0 Å². The summed E-state index contributed by atoms with van der Waals surface area (Å²) in [6.45, 7) is 3.73. The van der Waals surface area contributed by atoms with Gasteiger partial charge in [-0.25, -0.2) is 8.42 Å². The molecule has 0 spiro atoms. The van der Waals surface area contributed by atoms with Crippen molar-refractivity contribution in [3.63, 3.8) is 0 Å². The fourth-order valence-electron chi connectivity index (χ4n) is 3.45. The smallest absolute Gasteiger partial charge is 0.244 e. The highest BCUT2D eigenvalue weighted by Gasteiger charge is 2.31. The van der Waals surface area contributed by atoms with E-state index in [0.717, 1.165) is 24.8 Å². The lowest BCUT2D eigenvalue weighted by molar-refractivity contribution is -0.116. The number of ether oxygens (including phenoxy) is 1. The largest absolute Gasteiger partial charge is 0.378 e. The fourth-order valence-corrected chi connectivity index (χ4v) is 6.02. The highest BCUT2D eigenvalue weighted by Crippen LogP contribution is 2.34. The van der Waals surface area contributed by atoms with Crippen molar-refractivity contribution in [2.45, 2.75) is 56.4 Å². The van der Waals surface area contributed by atoms with Crippen LogP contribution >= 0.6 is 15.9 Å². The van der Waals surface area contributed by atoms with Crippen molar-refractivity contribution < 1.29 is 17.9 Å². The highest BCUT2D eigenvalue weighted by molar-refractivity contribution is 9.10. The van der Waals surface area contributed by atoms with E-state index in [-0.39, 0.29) is 16.9 Å². The number of benzene rings is 1. The summed E-state index contributed by atoms with van der Waals surface area (Å²) in [7, 11) is -3.63. The minimum Gasteiger partial charge on any atom is -0.378 e. The first-order valence-electron chi connectivity index (χ1n) is 9.16. The van der Waals surface area contributed by atoms with Gasteiger partial charge in [0.25, 0.3) is 0 Å². The molecule has 6 nitrogen and oxygen atoms in total. The molecule has 1 aromatic rings. The third-order valence-electron chi connectivity index (χ3n) is 4.86. The van der Waals surface area contributed by atoms with Gasteiger partial charge in [-0.15, -0.1) is 0 Å². The quantitative estimate of drug-likeness (QED) is 0.755. The van der Waals surface area contributed by atoms with Crippen molar-refractivity contribution in [2.24, 2.45) is 0 Å². The maximum atomic E-state index is 13.2. The Labute approximate surface area is 163 Å². The van der Waals surface area contributed by atoms with Gasteiger partial charge >= 0.3 is 0 Å². The number of sulfonamides is 1. The van der Waals surface area contributed by atoms with Gasteiger partial charge in [0.15, 0.2) is 0 Å². The van der Waals surface area contributed by atoms with Crippen LogP contribution in [0.5, 0.6) is 0 Å². The number of amides is 1. The van der Waals surface area contributed by atoms with Crippen molar-refractivity contribution in [1.82, 2.24) is 4.31 Å². The van der Waals surface area contributed by atoms with E-state index in [1.165, 1.54) is 0 Å². The standard InChI is InChI=1S/C18H25BrN2O4S/c1-2-10-25-14-4-3-8-21(9-7-14)26(23,24)17-12-16-13(11-15(17)19)5-6-18(22)20-16/h11-12,14H,2-10H2,1H3,(H,20,22). The maximum Gasteiger partial charge on any atom is 0.244 e. The molecule has 0 saturated carbocycles. The number of carbonyl (C=O) groups excluding carboxylic acids is 1. The van der Waals surface area contributed by atoms with E-state index in [0.29, 0.717) is 49.1 Å². The molecule has 0 aromatic heterocycles. The van der Waals surface area contributed by atoms with E-state index < -0.39 is 10.0 Å². The summed E-state index contributed by atoms with van der Waals surface area (Å²) < 4.78 is 34.3. The van der Waals surface area contributed by atoms with Crippen LogP contribution in [0.25, 0.3) is 0 Å². The monoisotopic (exact) mass is 444 g/mol. The summed E-state index contributed by atoms with van der Waals surface area (Å²) in [5, 5.41) is 2.78. The Morgan fingerprint density at radius 3 is 2.85 bits per heavy atom. The van der Waals surface area contributed by atoms with Crippen LogP contribution in [-0.2, 0) is 26.0 Å². The van der Waals surface area contributed by atoms with Crippen LogP contribution in [0.2, 0.25) is 0 Å². The summed E-state index contributed by atoms with van der Waals surface area (Å²) in [6, 6.07) is 3.40. The molecule has 1 fully saturated rings. The van der Waals surface area contributed by atoms with Crippen LogP contribution in [0.4, 0.5) is 5.69 Å². The SMILES string of the molecule is CCCOC1CCCN(S(=O)(=O)c2cc3c(cc2Br)CCC(=O)N3)CC1. The number of halogens is 1. The van der Waals surface area contributed by atoms with Gasteiger partial charge in [-0.2, -0.15) is 4.31 Å². The van der Waals surface area contributed by atoms with Gasteiger partial charge in [0.2, 0.25) is 15.9 Å². The van der Waals surface area contributed by atoms with E-state index in [4.69, 9.17) is 4.74 Å². The van der Waals surface area contributed by atoms with Crippen LogP contribution < -0.4 is 5.32 Å². The number of rotatable bonds is 5. The number of anilines is 1. The van der Waals surface area contributed by atoms with Gasteiger partial charge in [-0.3, -0.25) is 4.79 Å². The molecule has 144 valence electrons. The second-order valence-corrected chi connectivity index (χ2v) is 9.58. The zero-order chi connectivity index (χ0) is 18.7. The Bertz CT molecular complexity index is 782. The Kier molecular flexibility index (Phi) is 6.37. The molecule has 1 N–H and O–H groups in total. The number of hydrogen-bond donors (Lipinski definition) is 1. The number of fused-ring (bicyclic) bond motifs is 1. The zero-order valence-corrected chi connectivity index (χ0v) is 17.4. The molecule has 1 atom stereocenters. The number of carbonyl (C=O) groups is 1. The predicted molar refractivity (Wildman–Crippen MR) is 104 cm³/mol. The lowest BCUT2D eigenvalue weighted by atomic mass is 10.0. The topological polar surface area (TPSA) is 75.7 Å². The van der Waals surface area contributed by atoms with Gasteiger partial charge in [0.1, 0.15) is 0 Å². The van der Waals surface area contributed by atoms with Gasteiger partial charge in [-0.1, -0.05) is 6.92 Å². The Hall–Kier alpha value is -0.960. The number of nitrogens with zero attached hydrogens (tertiary/aromatic N) is 1. The lowest BCUT2D eigenvalue weighted by Gasteiger charge is -2.23. The zero-order valence-electron chi connectivity index (χ0n) is 15.0. The molecular formula is C18H25BrN2O4S. The first kappa shape index (κ1) is 19.8. The molecule has 8 heteroatoms. The second kappa shape index (κ2) is 8.37. The average molecular weight is 445 g/mol. The minimum atomic E-state index is -3.63. The van der Waals surface area contributed by atoms with Crippen LogP contribution in [0.15, 0.2) is 21.5 Å². The van der Waals surface area contributed by atoms with E-state index in [9.17, 15) is 13.2 Å².